The average molecular weight is 216 g/mol. The molecule has 1 aromatic heterocycles. The number of aromatic amines is 1. The third-order valence-corrected chi connectivity index (χ3v) is 2.63. The maximum atomic E-state index is 7.08. The summed E-state index contributed by atoms with van der Waals surface area (Å²) < 4.78 is 0. The van der Waals surface area contributed by atoms with Crippen LogP contribution in [0.4, 0.5) is 0 Å². The molecule has 0 aliphatic rings. The molecule has 0 fully saturated rings. The number of benzene rings is 1. The number of aromatic nitrogens is 1. The van der Waals surface area contributed by atoms with E-state index in [0.717, 1.165) is 11.9 Å². The van der Waals surface area contributed by atoms with Crippen LogP contribution in [0, 0.1) is 12.3 Å². The molecule has 0 radical (unpaired) electrons. The van der Waals surface area contributed by atoms with Gasteiger partial charge in [-0.15, -0.1) is 0 Å². The van der Waals surface area contributed by atoms with Crippen LogP contribution in [0.5, 0.6) is 0 Å². The van der Waals surface area contributed by atoms with E-state index in [-0.39, 0.29) is 5.96 Å². The van der Waals surface area contributed by atoms with E-state index in [0.29, 0.717) is 6.54 Å². The second-order valence-corrected chi connectivity index (χ2v) is 3.95. The van der Waals surface area contributed by atoms with E-state index < -0.39 is 0 Å². The van der Waals surface area contributed by atoms with E-state index in [1.165, 1.54) is 16.5 Å². The van der Waals surface area contributed by atoms with E-state index in [2.05, 4.69) is 35.4 Å². The van der Waals surface area contributed by atoms with Crippen LogP contribution in [0.3, 0.4) is 0 Å². The Morgan fingerprint density at radius 2 is 2.31 bits per heavy atom. The number of aryl methyl sites for hydroxylation is 1. The van der Waals surface area contributed by atoms with Crippen molar-refractivity contribution in [2.45, 2.75) is 13.3 Å². The van der Waals surface area contributed by atoms with Gasteiger partial charge in [-0.25, -0.2) is 0 Å². The van der Waals surface area contributed by atoms with Crippen LogP contribution < -0.4 is 11.1 Å². The van der Waals surface area contributed by atoms with Crippen molar-refractivity contribution >= 4 is 16.9 Å². The summed E-state index contributed by atoms with van der Waals surface area (Å²) >= 11 is 0. The molecule has 0 amide bonds. The summed E-state index contributed by atoms with van der Waals surface area (Å²) in [6, 6.07) is 6.36. The molecular formula is C12H16N4. The molecule has 1 aromatic carbocycles. The SMILES string of the molecule is Cc1ccc2[nH]cc(CCNC(=N)N)c2c1. The summed E-state index contributed by atoms with van der Waals surface area (Å²) in [5, 5.41) is 11.1. The molecule has 4 nitrogen and oxygen atoms in total. The van der Waals surface area contributed by atoms with Crippen molar-refractivity contribution in [1.29, 1.82) is 5.41 Å². The Labute approximate surface area is 94.4 Å². The van der Waals surface area contributed by atoms with Crippen LogP contribution in [0.2, 0.25) is 0 Å². The van der Waals surface area contributed by atoms with Crippen LogP contribution in [-0.2, 0) is 6.42 Å². The number of nitrogens with two attached hydrogens (primary N) is 1. The van der Waals surface area contributed by atoms with Crippen LogP contribution in [-0.4, -0.2) is 17.5 Å². The minimum atomic E-state index is 0.0241. The first-order valence-electron chi connectivity index (χ1n) is 5.31. The Morgan fingerprint density at radius 3 is 3.06 bits per heavy atom. The van der Waals surface area contributed by atoms with Crippen molar-refractivity contribution in [3.63, 3.8) is 0 Å². The summed E-state index contributed by atoms with van der Waals surface area (Å²) in [5.74, 6) is 0.0241. The molecule has 0 bridgehead atoms. The van der Waals surface area contributed by atoms with Crippen LogP contribution in [0.25, 0.3) is 10.9 Å². The van der Waals surface area contributed by atoms with Crippen LogP contribution >= 0.6 is 0 Å². The maximum Gasteiger partial charge on any atom is 0.185 e. The summed E-state index contributed by atoms with van der Waals surface area (Å²) in [5.41, 5.74) is 8.90. The first-order valence-corrected chi connectivity index (χ1v) is 5.31. The summed E-state index contributed by atoms with van der Waals surface area (Å²) in [4.78, 5) is 3.24. The highest BCUT2D eigenvalue weighted by atomic mass is 15.0. The molecule has 2 rings (SSSR count). The maximum absolute atomic E-state index is 7.08. The van der Waals surface area contributed by atoms with Crippen molar-refractivity contribution in [3.05, 3.63) is 35.5 Å². The number of hydrogen-bond acceptors (Lipinski definition) is 1. The lowest BCUT2D eigenvalue weighted by Gasteiger charge is -2.02. The van der Waals surface area contributed by atoms with Crippen molar-refractivity contribution in [2.24, 2.45) is 5.73 Å². The van der Waals surface area contributed by atoms with Gasteiger partial charge in [-0.1, -0.05) is 11.6 Å². The second kappa shape index (κ2) is 4.26. The predicted octanol–water partition coefficient (Wildman–Crippen LogP) is 1.50. The largest absolute Gasteiger partial charge is 0.370 e. The fraction of sp³-hybridized carbons (Fsp3) is 0.250. The van der Waals surface area contributed by atoms with Gasteiger partial charge in [0.2, 0.25) is 0 Å². The highest BCUT2D eigenvalue weighted by molar-refractivity contribution is 5.84. The number of H-pyrrole nitrogens is 1. The van der Waals surface area contributed by atoms with Gasteiger partial charge in [-0.2, -0.15) is 0 Å². The first-order chi connectivity index (χ1) is 7.66. The second-order valence-electron chi connectivity index (χ2n) is 3.95. The Bertz CT molecular complexity index is 513. The monoisotopic (exact) mass is 216 g/mol. The van der Waals surface area contributed by atoms with Gasteiger partial charge >= 0.3 is 0 Å². The van der Waals surface area contributed by atoms with Crippen molar-refractivity contribution in [2.75, 3.05) is 6.54 Å². The Hall–Kier alpha value is -1.97. The highest BCUT2D eigenvalue weighted by Crippen LogP contribution is 2.19. The Morgan fingerprint density at radius 1 is 1.50 bits per heavy atom. The Balaban J connectivity index is 2.17. The van der Waals surface area contributed by atoms with E-state index in [4.69, 9.17) is 11.1 Å². The van der Waals surface area contributed by atoms with Crippen molar-refractivity contribution in [1.82, 2.24) is 10.3 Å². The standard InChI is InChI=1S/C12H16N4/c1-8-2-3-11-10(6-8)9(7-16-11)4-5-15-12(13)14/h2-3,6-7,16H,4-5H2,1H3,(H4,13,14,15). The van der Waals surface area contributed by atoms with Crippen LogP contribution in [0.1, 0.15) is 11.1 Å². The van der Waals surface area contributed by atoms with E-state index >= 15 is 0 Å². The molecule has 84 valence electrons. The number of rotatable bonds is 3. The lowest BCUT2D eigenvalue weighted by Crippen LogP contribution is -2.31. The molecule has 0 saturated carbocycles. The topological polar surface area (TPSA) is 77.7 Å². The average Bonchev–Trinajstić information content (AvgIpc) is 2.60. The van der Waals surface area contributed by atoms with Gasteiger partial charge in [0.25, 0.3) is 0 Å². The lowest BCUT2D eigenvalue weighted by atomic mass is 10.1. The molecule has 2 aromatic rings. The minimum absolute atomic E-state index is 0.0241. The summed E-state index contributed by atoms with van der Waals surface area (Å²) in [6.07, 6.45) is 2.88. The van der Waals surface area contributed by atoms with Gasteiger partial charge in [0, 0.05) is 23.6 Å². The molecule has 0 atom stereocenters. The molecule has 16 heavy (non-hydrogen) atoms. The molecule has 0 spiro atoms. The normalized spacial score (nSPS) is 10.6. The first kappa shape index (κ1) is 10.5. The third kappa shape index (κ3) is 2.16. The van der Waals surface area contributed by atoms with Gasteiger partial charge in [-0.05, 0) is 31.0 Å². The van der Waals surface area contributed by atoms with E-state index in [1.54, 1.807) is 0 Å². The van der Waals surface area contributed by atoms with E-state index in [1.807, 2.05) is 6.20 Å². The molecule has 4 heteroatoms. The molecular weight excluding hydrogens is 200 g/mol. The quantitative estimate of drug-likeness (QED) is 0.463. The minimum Gasteiger partial charge on any atom is -0.370 e. The molecule has 1 heterocycles. The van der Waals surface area contributed by atoms with Gasteiger partial charge < -0.3 is 16.0 Å². The van der Waals surface area contributed by atoms with E-state index in [9.17, 15) is 0 Å². The number of guanidine groups is 1. The molecule has 5 N–H and O–H groups in total. The van der Waals surface area contributed by atoms with Crippen molar-refractivity contribution in [3.8, 4) is 0 Å². The number of nitrogens with one attached hydrogen (secondary N) is 3. The third-order valence-electron chi connectivity index (χ3n) is 2.63. The highest BCUT2D eigenvalue weighted by Gasteiger charge is 2.03. The number of fused-ring (bicyclic) bond motifs is 1. The fourth-order valence-electron chi connectivity index (χ4n) is 1.83. The Kier molecular flexibility index (Phi) is 2.81. The lowest BCUT2D eigenvalue weighted by molar-refractivity contribution is 0.858. The smallest absolute Gasteiger partial charge is 0.185 e. The zero-order valence-electron chi connectivity index (χ0n) is 9.30. The molecule has 0 saturated heterocycles. The predicted molar refractivity (Wildman–Crippen MR) is 66.7 cm³/mol. The van der Waals surface area contributed by atoms with Gasteiger partial charge in [0.15, 0.2) is 5.96 Å². The molecule has 0 aliphatic carbocycles. The fourth-order valence-corrected chi connectivity index (χ4v) is 1.83. The van der Waals surface area contributed by atoms with Gasteiger partial charge in [-0.3, -0.25) is 5.41 Å². The summed E-state index contributed by atoms with van der Waals surface area (Å²) in [7, 11) is 0. The molecule has 0 aliphatic heterocycles. The van der Waals surface area contributed by atoms with Gasteiger partial charge in [0.1, 0.15) is 0 Å². The van der Waals surface area contributed by atoms with Crippen molar-refractivity contribution < 1.29 is 0 Å². The number of hydrogen-bond donors (Lipinski definition) is 4. The summed E-state index contributed by atoms with van der Waals surface area (Å²) in [6.45, 7) is 2.78. The zero-order valence-corrected chi connectivity index (χ0v) is 9.30. The zero-order chi connectivity index (χ0) is 11.5. The molecule has 0 unspecified atom stereocenters. The van der Waals surface area contributed by atoms with Gasteiger partial charge in [0.05, 0.1) is 0 Å². The van der Waals surface area contributed by atoms with Crippen LogP contribution in [0.15, 0.2) is 24.4 Å².